The number of hydrogen-bond acceptors (Lipinski definition) is 4. The summed E-state index contributed by atoms with van der Waals surface area (Å²) in [5.41, 5.74) is -0.378. The maximum Gasteiger partial charge on any atom is 0.333 e. The van der Waals surface area contributed by atoms with E-state index in [-0.39, 0.29) is 5.75 Å². The number of rotatable bonds is 3. The number of benzene rings is 1. The molecule has 0 heterocycles. The highest BCUT2D eigenvalue weighted by molar-refractivity contribution is 5.88. The van der Waals surface area contributed by atoms with Crippen LogP contribution in [0.15, 0.2) is 29.3 Å². The molecule has 0 saturated carbocycles. The number of para-hydroxylation sites is 1. The van der Waals surface area contributed by atoms with Gasteiger partial charge >= 0.3 is 5.97 Å². The molecule has 0 bridgehead atoms. The van der Waals surface area contributed by atoms with E-state index in [0.717, 1.165) is 0 Å². The minimum Gasteiger partial charge on any atom is -0.507 e. The standard InChI is InChI=1S/C12H15NO3/c1-12(2,11(15)16-3)13-8-9-6-4-5-7-10(9)14/h4-8,14H,1-3H3. The smallest absolute Gasteiger partial charge is 0.333 e. The fourth-order valence-electron chi connectivity index (χ4n) is 1.13. The molecule has 1 N–H and O–H groups in total. The Balaban J connectivity index is 2.89. The van der Waals surface area contributed by atoms with Crippen LogP contribution in [0.5, 0.6) is 5.75 Å². The number of aromatic hydroxyl groups is 1. The molecule has 16 heavy (non-hydrogen) atoms. The van der Waals surface area contributed by atoms with Gasteiger partial charge in [0.15, 0.2) is 5.54 Å². The first-order chi connectivity index (χ1) is 7.47. The number of ether oxygens (including phenoxy) is 1. The van der Waals surface area contributed by atoms with Crippen molar-refractivity contribution in [2.24, 2.45) is 4.99 Å². The van der Waals surface area contributed by atoms with E-state index in [9.17, 15) is 9.90 Å². The lowest BCUT2D eigenvalue weighted by molar-refractivity contribution is -0.145. The molecule has 4 nitrogen and oxygen atoms in total. The minimum atomic E-state index is -0.947. The summed E-state index contributed by atoms with van der Waals surface area (Å²) in [6, 6.07) is 6.78. The number of hydrogen-bond donors (Lipinski definition) is 1. The zero-order valence-electron chi connectivity index (χ0n) is 9.60. The molecule has 0 atom stereocenters. The average Bonchev–Trinajstić information content (AvgIpc) is 2.27. The predicted octanol–water partition coefficient (Wildman–Crippen LogP) is 1.76. The Bertz CT molecular complexity index is 410. The molecule has 86 valence electrons. The molecule has 0 aromatic heterocycles. The lowest BCUT2D eigenvalue weighted by Crippen LogP contribution is -2.30. The molecule has 0 unspecified atom stereocenters. The van der Waals surface area contributed by atoms with E-state index in [0.29, 0.717) is 5.56 Å². The van der Waals surface area contributed by atoms with Crippen LogP contribution in [0.3, 0.4) is 0 Å². The number of phenolic OH excluding ortho intramolecular Hbond substituents is 1. The Kier molecular flexibility index (Phi) is 3.66. The first-order valence-electron chi connectivity index (χ1n) is 4.89. The van der Waals surface area contributed by atoms with Crippen molar-refractivity contribution in [3.05, 3.63) is 29.8 Å². The van der Waals surface area contributed by atoms with Gasteiger partial charge in [-0.15, -0.1) is 0 Å². The van der Waals surface area contributed by atoms with Gasteiger partial charge in [-0.05, 0) is 26.0 Å². The van der Waals surface area contributed by atoms with Crippen LogP contribution >= 0.6 is 0 Å². The predicted molar refractivity (Wildman–Crippen MR) is 61.8 cm³/mol. The molecule has 4 heteroatoms. The molecule has 0 aliphatic carbocycles. The van der Waals surface area contributed by atoms with E-state index in [2.05, 4.69) is 9.73 Å². The Hall–Kier alpha value is -1.84. The number of aliphatic imine (C=N–C) groups is 1. The quantitative estimate of drug-likeness (QED) is 0.625. The normalized spacial score (nSPS) is 11.7. The van der Waals surface area contributed by atoms with E-state index in [1.165, 1.54) is 13.3 Å². The van der Waals surface area contributed by atoms with Crippen LogP contribution in [-0.4, -0.2) is 29.9 Å². The SMILES string of the molecule is COC(=O)C(C)(C)N=Cc1ccccc1O. The zero-order valence-corrected chi connectivity index (χ0v) is 9.60. The lowest BCUT2D eigenvalue weighted by Gasteiger charge is -2.15. The van der Waals surface area contributed by atoms with Gasteiger partial charge in [0.25, 0.3) is 0 Å². The second-order valence-electron chi connectivity index (χ2n) is 3.87. The summed E-state index contributed by atoms with van der Waals surface area (Å²) in [7, 11) is 1.32. The van der Waals surface area contributed by atoms with Gasteiger partial charge in [-0.25, -0.2) is 4.79 Å². The number of carbonyl (C=O) groups is 1. The molecule has 0 saturated heterocycles. The van der Waals surface area contributed by atoms with Gasteiger partial charge in [0.1, 0.15) is 5.75 Å². The summed E-state index contributed by atoms with van der Waals surface area (Å²) in [6.07, 6.45) is 1.46. The van der Waals surface area contributed by atoms with Gasteiger partial charge in [-0.1, -0.05) is 12.1 Å². The fraction of sp³-hybridized carbons (Fsp3) is 0.333. The molecule has 0 radical (unpaired) electrons. The molecule has 0 fully saturated rings. The van der Waals surface area contributed by atoms with Crippen molar-refractivity contribution in [1.82, 2.24) is 0 Å². The minimum absolute atomic E-state index is 0.131. The summed E-state index contributed by atoms with van der Waals surface area (Å²) >= 11 is 0. The highest BCUT2D eigenvalue weighted by Crippen LogP contribution is 2.16. The van der Waals surface area contributed by atoms with Crippen LogP contribution in [0.25, 0.3) is 0 Å². The van der Waals surface area contributed by atoms with Crippen molar-refractivity contribution >= 4 is 12.2 Å². The molecule has 1 aromatic rings. The first-order valence-corrected chi connectivity index (χ1v) is 4.89. The highest BCUT2D eigenvalue weighted by Gasteiger charge is 2.26. The van der Waals surface area contributed by atoms with E-state index in [1.807, 2.05) is 0 Å². The second kappa shape index (κ2) is 4.79. The lowest BCUT2D eigenvalue weighted by atomic mass is 10.1. The van der Waals surface area contributed by atoms with Gasteiger partial charge in [0.2, 0.25) is 0 Å². The van der Waals surface area contributed by atoms with Crippen molar-refractivity contribution in [2.75, 3.05) is 7.11 Å². The van der Waals surface area contributed by atoms with Crippen molar-refractivity contribution in [3.63, 3.8) is 0 Å². The van der Waals surface area contributed by atoms with Crippen LogP contribution in [0.2, 0.25) is 0 Å². The number of nitrogens with zero attached hydrogens (tertiary/aromatic N) is 1. The maximum absolute atomic E-state index is 11.3. The summed E-state index contributed by atoms with van der Waals surface area (Å²) < 4.78 is 4.62. The third-order valence-corrected chi connectivity index (χ3v) is 2.15. The largest absolute Gasteiger partial charge is 0.507 e. The Morgan fingerprint density at radius 2 is 2.06 bits per heavy atom. The molecular weight excluding hydrogens is 206 g/mol. The Morgan fingerprint density at radius 1 is 1.44 bits per heavy atom. The van der Waals surface area contributed by atoms with Crippen LogP contribution in [0.1, 0.15) is 19.4 Å². The van der Waals surface area contributed by atoms with Gasteiger partial charge in [-0.2, -0.15) is 0 Å². The van der Waals surface area contributed by atoms with Crippen LogP contribution in [0.4, 0.5) is 0 Å². The Labute approximate surface area is 94.6 Å². The van der Waals surface area contributed by atoms with Gasteiger partial charge in [0.05, 0.1) is 7.11 Å². The molecule has 1 aromatic carbocycles. The maximum atomic E-state index is 11.3. The van der Waals surface area contributed by atoms with Crippen LogP contribution < -0.4 is 0 Å². The molecule has 0 aliphatic rings. The first kappa shape index (κ1) is 12.2. The third-order valence-electron chi connectivity index (χ3n) is 2.15. The third kappa shape index (κ3) is 2.82. The molecule has 0 spiro atoms. The monoisotopic (exact) mass is 221 g/mol. The molecular formula is C12H15NO3. The van der Waals surface area contributed by atoms with Crippen molar-refractivity contribution in [2.45, 2.75) is 19.4 Å². The summed E-state index contributed by atoms with van der Waals surface area (Å²) in [6.45, 7) is 3.30. The summed E-state index contributed by atoms with van der Waals surface area (Å²) in [5.74, 6) is -0.286. The molecule has 0 aliphatic heterocycles. The van der Waals surface area contributed by atoms with Gasteiger partial charge < -0.3 is 9.84 Å². The topological polar surface area (TPSA) is 58.9 Å². The van der Waals surface area contributed by atoms with E-state index >= 15 is 0 Å². The number of carbonyl (C=O) groups excluding carboxylic acids is 1. The van der Waals surface area contributed by atoms with Crippen LogP contribution in [-0.2, 0) is 9.53 Å². The van der Waals surface area contributed by atoms with Crippen molar-refractivity contribution in [3.8, 4) is 5.75 Å². The number of phenols is 1. The van der Waals surface area contributed by atoms with Crippen molar-refractivity contribution < 1.29 is 14.6 Å². The summed E-state index contributed by atoms with van der Waals surface area (Å²) in [5, 5.41) is 9.50. The molecule has 1 rings (SSSR count). The molecule has 0 amide bonds. The van der Waals surface area contributed by atoms with Crippen LogP contribution in [0, 0.1) is 0 Å². The Morgan fingerprint density at radius 3 is 2.62 bits per heavy atom. The van der Waals surface area contributed by atoms with Crippen molar-refractivity contribution in [1.29, 1.82) is 0 Å². The van der Waals surface area contributed by atoms with E-state index < -0.39 is 11.5 Å². The highest BCUT2D eigenvalue weighted by atomic mass is 16.5. The average molecular weight is 221 g/mol. The van der Waals surface area contributed by atoms with E-state index in [4.69, 9.17) is 0 Å². The zero-order chi connectivity index (χ0) is 12.2. The van der Waals surface area contributed by atoms with E-state index in [1.54, 1.807) is 38.1 Å². The summed E-state index contributed by atoms with van der Waals surface area (Å²) in [4.78, 5) is 15.4. The van der Waals surface area contributed by atoms with Gasteiger partial charge in [0, 0.05) is 11.8 Å². The number of esters is 1. The number of methoxy groups -OCH3 is 1. The fourth-order valence-corrected chi connectivity index (χ4v) is 1.13. The van der Waals surface area contributed by atoms with Gasteiger partial charge in [-0.3, -0.25) is 4.99 Å². The second-order valence-corrected chi connectivity index (χ2v) is 3.87.